The molecule has 1 aliphatic rings. The molecule has 0 N–H and O–H groups in total. The van der Waals surface area contributed by atoms with Crippen LogP contribution in [0.2, 0.25) is 0 Å². The van der Waals surface area contributed by atoms with Crippen molar-refractivity contribution in [3.63, 3.8) is 0 Å². The number of ketones is 1. The molecule has 1 fully saturated rings. The first kappa shape index (κ1) is 9.79. The van der Waals surface area contributed by atoms with Gasteiger partial charge in [0, 0.05) is 17.0 Å². The van der Waals surface area contributed by atoms with Gasteiger partial charge >= 0.3 is 0 Å². The highest BCUT2D eigenvalue weighted by molar-refractivity contribution is 6.31. The molecule has 0 amide bonds. The number of carbonyl (C=O) groups is 1. The van der Waals surface area contributed by atoms with Crippen molar-refractivity contribution in [1.82, 2.24) is 0 Å². The first-order valence-electron chi connectivity index (χ1n) is 4.31. The largest absolute Gasteiger partial charge is 0.295 e. The summed E-state index contributed by atoms with van der Waals surface area (Å²) in [7, 11) is 0. The van der Waals surface area contributed by atoms with E-state index >= 15 is 0 Å². The highest BCUT2D eigenvalue weighted by Gasteiger charge is 2.29. The lowest BCUT2D eigenvalue weighted by Gasteiger charge is -2.30. The van der Waals surface area contributed by atoms with Gasteiger partial charge in [0.1, 0.15) is 0 Å². The average Bonchev–Trinajstić information content (AvgIpc) is 1.94. The molecule has 0 atom stereocenters. The summed E-state index contributed by atoms with van der Waals surface area (Å²) in [4.78, 5) is 11.4. The molecule has 1 nitrogen and oxygen atoms in total. The second-order valence-electron chi connectivity index (χ2n) is 4.28. The van der Waals surface area contributed by atoms with Crippen LogP contribution in [0.15, 0.2) is 10.6 Å². The van der Waals surface area contributed by atoms with E-state index in [2.05, 4.69) is 13.8 Å². The Bertz CT molecular complexity index is 234. The Morgan fingerprint density at radius 1 is 1.50 bits per heavy atom. The van der Waals surface area contributed by atoms with Crippen LogP contribution in [-0.2, 0) is 4.79 Å². The summed E-state index contributed by atoms with van der Waals surface area (Å²) in [5.74, 6) is 0.238. The van der Waals surface area contributed by atoms with Crippen molar-refractivity contribution in [2.75, 3.05) is 0 Å². The fourth-order valence-corrected chi connectivity index (χ4v) is 1.75. The van der Waals surface area contributed by atoms with Crippen LogP contribution in [-0.4, -0.2) is 5.78 Å². The van der Waals surface area contributed by atoms with E-state index in [4.69, 9.17) is 11.6 Å². The second kappa shape index (κ2) is 3.21. The lowest BCUT2D eigenvalue weighted by molar-refractivity contribution is -0.117. The van der Waals surface area contributed by atoms with Gasteiger partial charge in [0.25, 0.3) is 0 Å². The molecule has 0 saturated heterocycles. The van der Waals surface area contributed by atoms with E-state index in [1.54, 1.807) is 6.92 Å². The molecule has 0 aliphatic heterocycles. The molecule has 0 spiro atoms. The van der Waals surface area contributed by atoms with Crippen molar-refractivity contribution in [2.45, 2.75) is 40.0 Å². The third-order valence-corrected chi connectivity index (χ3v) is 2.66. The van der Waals surface area contributed by atoms with Crippen molar-refractivity contribution in [1.29, 1.82) is 0 Å². The average molecular weight is 187 g/mol. The van der Waals surface area contributed by atoms with Gasteiger partial charge in [-0.05, 0) is 25.2 Å². The molecule has 1 saturated carbocycles. The normalized spacial score (nSPS) is 27.2. The van der Waals surface area contributed by atoms with Crippen molar-refractivity contribution in [2.24, 2.45) is 5.41 Å². The summed E-state index contributed by atoms with van der Waals surface area (Å²) in [6, 6.07) is 0. The van der Waals surface area contributed by atoms with Gasteiger partial charge < -0.3 is 0 Å². The molecular formula is C10H15ClO. The maximum absolute atomic E-state index is 11.4. The predicted molar refractivity (Wildman–Crippen MR) is 51.2 cm³/mol. The Morgan fingerprint density at radius 3 is 2.50 bits per heavy atom. The first-order chi connectivity index (χ1) is 5.42. The van der Waals surface area contributed by atoms with Gasteiger partial charge in [0.2, 0.25) is 0 Å². The molecule has 0 heterocycles. The highest BCUT2D eigenvalue weighted by Crippen LogP contribution is 2.38. The zero-order valence-corrected chi connectivity index (χ0v) is 8.66. The van der Waals surface area contributed by atoms with E-state index in [0.717, 1.165) is 18.4 Å². The van der Waals surface area contributed by atoms with Crippen molar-refractivity contribution >= 4 is 17.4 Å². The van der Waals surface area contributed by atoms with Gasteiger partial charge in [-0.25, -0.2) is 0 Å². The van der Waals surface area contributed by atoms with Gasteiger partial charge in [0.15, 0.2) is 5.78 Å². The fraction of sp³-hybridized carbons (Fsp3) is 0.700. The Morgan fingerprint density at radius 2 is 2.08 bits per heavy atom. The third-order valence-electron chi connectivity index (χ3n) is 2.44. The minimum absolute atomic E-state index is 0.238. The van der Waals surface area contributed by atoms with E-state index in [0.29, 0.717) is 11.5 Å². The van der Waals surface area contributed by atoms with Gasteiger partial charge in [-0.2, -0.15) is 0 Å². The Kier molecular flexibility index (Phi) is 2.62. The van der Waals surface area contributed by atoms with Gasteiger partial charge in [-0.1, -0.05) is 25.4 Å². The molecule has 2 heteroatoms. The van der Waals surface area contributed by atoms with Crippen LogP contribution in [0.25, 0.3) is 0 Å². The lowest BCUT2D eigenvalue weighted by Crippen LogP contribution is -2.23. The van der Waals surface area contributed by atoms with Crippen LogP contribution in [0, 0.1) is 5.41 Å². The molecule has 0 aromatic rings. The molecule has 0 unspecified atom stereocenters. The monoisotopic (exact) mass is 186 g/mol. The van der Waals surface area contributed by atoms with E-state index < -0.39 is 0 Å². The number of carbonyl (C=O) groups excluding carboxylic acids is 1. The highest BCUT2D eigenvalue weighted by atomic mass is 35.5. The lowest BCUT2D eigenvalue weighted by atomic mass is 9.74. The van der Waals surface area contributed by atoms with Crippen LogP contribution < -0.4 is 0 Å². The number of hydrogen-bond donors (Lipinski definition) is 0. The maximum atomic E-state index is 11.4. The van der Waals surface area contributed by atoms with E-state index in [-0.39, 0.29) is 11.2 Å². The SMILES string of the molecule is C/C(Cl)=C1/CC(C)(C)CCC1=O. The van der Waals surface area contributed by atoms with Crippen LogP contribution in [0.1, 0.15) is 40.0 Å². The quantitative estimate of drug-likeness (QED) is 0.531. The minimum atomic E-state index is 0.238. The molecule has 0 aromatic carbocycles. The summed E-state index contributed by atoms with van der Waals surface area (Å²) in [5.41, 5.74) is 1.09. The number of hydrogen-bond acceptors (Lipinski definition) is 1. The summed E-state index contributed by atoms with van der Waals surface area (Å²) in [6.45, 7) is 6.16. The summed E-state index contributed by atoms with van der Waals surface area (Å²) in [5, 5.41) is 0.674. The van der Waals surface area contributed by atoms with Crippen LogP contribution >= 0.6 is 11.6 Å². The fourth-order valence-electron chi connectivity index (χ4n) is 1.58. The van der Waals surface area contributed by atoms with Crippen LogP contribution in [0.3, 0.4) is 0 Å². The molecule has 0 aromatic heterocycles. The molecular weight excluding hydrogens is 172 g/mol. The minimum Gasteiger partial charge on any atom is -0.295 e. The van der Waals surface area contributed by atoms with Crippen LogP contribution in [0.5, 0.6) is 0 Å². The van der Waals surface area contributed by atoms with Crippen molar-refractivity contribution in [3.05, 3.63) is 10.6 Å². The zero-order valence-electron chi connectivity index (χ0n) is 7.91. The standard InChI is InChI=1S/C10H15ClO/c1-7(11)8-6-10(2,3)5-4-9(8)12/h4-6H2,1-3H3/b8-7+. The number of halogens is 1. The van der Waals surface area contributed by atoms with E-state index in [1.807, 2.05) is 0 Å². The zero-order chi connectivity index (χ0) is 9.35. The third kappa shape index (κ3) is 2.10. The Labute approximate surface area is 78.8 Å². The molecule has 12 heavy (non-hydrogen) atoms. The second-order valence-corrected chi connectivity index (χ2v) is 4.84. The molecule has 0 bridgehead atoms. The van der Waals surface area contributed by atoms with E-state index in [9.17, 15) is 4.79 Å². The van der Waals surface area contributed by atoms with Gasteiger partial charge in [-0.15, -0.1) is 0 Å². The van der Waals surface area contributed by atoms with Crippen molar-refractivity contribution < 1.29 is 4.79 Å². The Hall–Kier alpha value is -0.300. The molecule has 0 radical (unpaired) electrons. The van der Waals surface area contributed by atoms with Gasteiger partial charge in [0.05, 0.1) is 0 Å². The van der Waals surface area contributed by atoms with Crippen molar-refractivity contribution in [3.8, 4) is 0 Å². The summed E-state index contributed by atoms with van der Waals surface area (Å²) >= 11 is 5.84. The molecule has 68 valence electrons. The Balaban J connectivity index is 2.88. The maximum Gasteiger partial charge on any atom is 0.160 e. The number of Topliss-reactive ketones (excluding diaryl/α,β-unsaturated/α-hetero) is 1. The topological polar surface area (TPSA) is 17.1 Å². The van der Waals surface area contributed by atoms with Crippen LogP contribution in [0.4, 0.5) is 0 Å². The number of allylic oxidation sites excluding steroid dienone is 2. The molecule has 1 aliphatic carbocycles. The van der Waals surface area contributed by atoms with Gasteiger partial charge in [-0.3, -0.25) is 4.79 Å². The predicted octanol–water partition coefficient (Wildman–Crippen LogP) is 3.28. The molecule has 1 rings (SSSR count). The first-order valence-corrected chi connectivity index (χ1v) is 4.69. The van der Waals surface area contributed by atoms with E-state index in [1.165, 1.54) is 0 Å². The number of rotatable bonds is 0. The smallest absolute Gasteiger partial charge is 0.160 e. The summed E-state index contributed by atoms with van der Waals surface area (Å²) in [6.07, 6.45) is 2.48. The summed E-state index contributed by atoms with van der Waals surface area (Å²) < 4.78 is 0.